The van der Waals surface area contributed by atoms with Gasteiger partial charge in [0.25, 0.3) is 0 Å². The Hall–Kier alpha value is -1.56. The first kappa shape index (κ1) is 12.5. The van der Waals surface area contributed by atoms with E-state index in [1.54, 1.807) is 6.92 Å². The molecule has 1 aliphatic rings. The van der Waals surface area contributed by atoms with Gasteiger partial charge in [-0.15, -0.1) is 0 Å². The molecule has 0 bridgehead atoms. The number of amides is 1. The smallest absolute Gasteiger partial charge is 0.414 e. The van der Waals surface area contributed by atoms with Gasteiger partial charge < -0.3 is 19.1 Å². The Labute approximate surface area is 93.8 Å². The number of carbonyl (C=O) groups is 2. The number of hydrogen-bond donors (Lipinski definition) is 0. The number of morpholine rings is 1. The van der Waals surface area contributed by atoms with E-state index in [2.05, 4.69) is 4.74 Å². The van der Waals surface area contributed by atoms with Crippen molar-refractivity contribution < 1.29 is 23.8 Å². The average molecular weight is 229 g/mol. The highest BCUT2D eigenvalue weighted by atomic mass is 16.6. The van der Waals surface area contributed by atoms with Crippen LogP contribution in [0.4, 0.5) is 4.79 Å². The summed E-state index contributed by atoms with van der Waals surface area (Å²) in [6.45, 7) is 4.03. The van der Waals surface area contributed by atoms with Crippen LogP contribution in [-0.4, -0.2) is 49.9 Å². The topological polar surface area (TPSA) is 65.1 Å². The van der Waals surface area contributed by atoms with Gasteiger partial charge in [0.2, 0.25) is 0 Å². The maximum absolute atomic E-state index is 11.4. The lowest BCUT2D eigenvalue weighted by Crippen LogP contribution is -2.40. The van der Waals surface area contributed by atoms with Crippen LogP contribution in [0.2, 0.25) is 0 Å². The summed E-state index contributed by atoms with van der Waals surface area (Å²) >= 11 is 0. The van der Waals surface area contributed by atoms with Crippen molar-refractivity contribution in [2.45, 2.75) is 6.92 Å². The van der Waals surface area contributed by atoms with E-state index in [0.717, 1.165) is 12.3 Å². The maximum Gasteiger partial charge on any atom is 0.414 e. The van der Waals surface area contributed by atoms with Gasteiger partial charge in [0.1, 0.15) is 6.26 Å². The molecular formula is C10H15NO5. The van der Waals surface area contributed by atoms with Crippen LogP contribution in [0.5, 0.6) is 0 Å². The summed E-state index contributed by atoms with van der Waals surface area (Å²) in [7, 11) is 0. The normalized spacial score (nSPS) is 16.2. The Morgan fingerprint density at radius 2 is 2.06 bits per heavy atom. The molecule has 0 aromatic rings. The maximum atomic E-state index is 11.4. The lowest BCUT2D eigenvalue weighted by molar-refractivity contribution is -0.137. The van der Waals surface area contributed by atoms with E-state index in [9.17, 15) is 9.59 Å². The lowest BCUT2D eigenvalue weighted by atomic mass is 10.5. The summed E-state index contributed by atoms with van der Waals surface area (Å²) in [5.41, 5.74) is 0. The van der Waals surface area contributed by atoms with Crippen molar-refractivity contribution >= 4 is 12.1 Å². The molecule has 1 aliphatic heterocycles. The molecule has 0 unspecified atom stereocenters. The van der Waals surface area contributed by atoms with Gasteiger partial charge in [-0.1, -0.05) is 0 Å². The zero-order chi connectivity index (χ0) is 11.8. The predicted octanol–water partition coefficient (Wildman–Crippen LogP) is 0.532. The standard InChI is InChI=1S/C10H15NO5/c1-2-15-9(12)3-6-16-10(13)11-4-7-14-8-5-11/h3,6H,2,4-5,7-8H2,1H3/b6-3+. The van der Waals surface area contributed by atoms with E-state index < -0.39 is 12.1 Å². The third-order valence-corrected chi connectivity index (χ3v) is 1.93. The van der Waals surface area contributed by atoms with Crippen molar-refractivity contribution in [1.82, 2.24) is 4.90 Å². The quantitative estimate of drug-likeness (QED) is 0.401. The average Bonchev–Trinajstić information content (AvgIpc) is 2.30. The zero-order valence-electron chi connectivity index (χ0n) is 9.18. The Balaban J connectivity index is 2.25. The third-order valence-electron chi connectivity index (χ3n) is 1.93. The monoisotopic (exact) mass is 229 g/mol. The van der Waals surface area contributed by atoms with Crippen molar-refractivity contribution in [3.8, 4) is 0 Å². The van der Waals surface area contributed by atoms with E-state index in [-0.39, 0.29) is 0 Å². The Kier molecular flexibility index (Phi) is 5.35. The minimum atomic E-state index is -0.530. The van der Waals surface area contributed by atoms with Gasteiger partial charge in [0.15, 0.2) is 0 Å². The molecule has 0 atom stereocenters. The minimum Gasteiger partial charge on any atom is -0.463 e. The molecule has 0 N–H and O–H groups in total. The molecule has 90 valence electrons. The van der Waals surface area contributed by atoms with Gasteiger partial charge in [0, 0.05) is 13.1 Å². The van der Waals surface area contributed by atoms with Crippen molar-refractivity contribution in [2.24, 2.45) is 0 Å². The van der Waals surface area contributed by atoms with Crippen molar-refractivity contribution in [3.63, 3.8) is 0 Å². The highest BCUT2D eigenvalue weighted by Gasteiger charge is 2.17. The van der Waals surface area contributed by atoms with Gasteiger partial charge in [-0.2, -0.15) is 0 Å². The third kappa shape index (κ3) is 4.31. The molecule has 6 heteroatoms. The zero-order valence-corrected chi connectivity index (χ0v) is 9.18. The molecule has 0 spiro atoms. The molecule has 0 radical (unpaired) electrons. The molecule has 1 rings (SSSR count). The molecular weight excluding hydrogens is 214 g/mol. The molecule has 0 aromatic heterocycles. The molecule has 1 saturated heterocycles. The second-order valence-electron chi connectivity index (χ2n) is 3.04. The number of rotatable bonds is 3. The van der Waals surface area contributed by atoms with Gasteiger partial charge in [-0.3, -0.25) is 0 Å². The van der Waals surface area contributed by atoms with Crippen LogP contribution in [0.25, 0.3) is 0 Å². The highest BCUT2D eigenvalue weighted by Crippen LogP contribution is 2.00. The van der Waals surface area contributed by atoms with Gasteiger partial charge in [0.05, 0.1) is 25.9 Å². The van der Waals surface area contributed by atoms with E-state index >= 15 is 0 Å². The van der Waals surface area contributed by atoms with Crippen LogP contribution < -0.4 is 0 Å². The summed E-state index contributed by atoms with van der Waals surface area (Å²) < 4.78 is 14.4. The largest absolute Gasteiger partial charge is 0.463 e. The van der Waals surface area contributed by atoms with Crippen LogP contribution in [0.15, 0.2) is 12.3 Å². The molecule has 1 amide bonds. The fraction of sp³-hybridized carbons (Fsp3) is 0.600. The number of carbonyl (C=O) groups excluding carboxylic acids is 2. The number of ether oxygens (including phenoxy) is 3. The second-order valence-corrected chi connectivity index (χ2v) is 3.04. The lowest BCUT2D eigenvalue weighted by Gasteiger charge is -2.25. The SMILES string of the molecule is CCOC(=O)/C=C/OC(=O)N1CCOCC1. The van der Waals surface area contributed by atoms with E-state index in [1.807, 2.05) is 0 Å². The molecule has 6 nitrogen and oxygen atoms in total. The van der Waals surface area contributed by atoms with Gasteiger partial charge in [-0.25, -0.2) is 9.59 Å². The fourth-order valence-electron chi connectivity index (χ4n) is 1.16. The number of nitrogens with zero attached hydrogens (tertiary/aromatic N) is 1. The molecule has 0 aliphatic carbocycles. The molecule has 1 heterocycles. The first-order valence-electron chi connectivity index (χ1n) is 5.10. The van der Waals surface area contributed by atoms with Crippen LogP contribution in [0.1, 0.15) is 6.92 Å². The molecule has 1 fully saturated rings. The van der Waals surface area contributed by atoms with Gasteiger partial charge in [-0.05, 0) is 6.92 Å². The molecule has 0 saturated carbocycles. The Morgan fingerprint density at radius 3 is 2.69 bits per heavy atom. The predicted molar refractivity (Wildman–Crippen MR) is 54.6 cm³/mol. The summed E-state index contributed by atoms with van der Waals surface area (Å²) in [5, 5.41) is 0. The fourth-order valence-corrected chi connectivity index (χ4v) is 1.16. The number of hydrogen-bond acceptors (Lipinski definition) is 5. The first-order valence-corrected chi connectivity index (χ1v) is 5.10. The Morgan fingerprint density at radius 1 is 1.38 bits per heavy atom. The summed E-state index contributed by atoms with van der Waals surface area (Å²) in [5.74, 6) is -0.530. The van der Waals surface area contributed by atoms with Crippen LogP contribution >= 0.6 is 0 Å². The molecule has 0 aromatic carbocycles. The van der Waals surface area contributed by atoms with Crippen LogP contribution in [-0.2, 0) is 19.0 Å². The summed E-state index contributed by atoms with van der Waals surface area (Å²) in [6.07, 6.45) is 1.63. The number of esters is 1. The highest BCUT2D eigenvalue weighted by molar-refractivity contribution is 5.82. The minimum absolute atomic E-state index is 0.292. The van der Waals surface area contributed by atoms with E-state index in [1.165, 1.54) is 4.90 Å². The Bertz CT molecular complexity index is 270. The van der Waals surface area contributed by atoms with Crippen molar-refractivity contribution in [3.05, 3.63) is 12.3 Å². The first-order chi connectivity index (χ1) is 7.74. The van der Waals surface area contributed by atoms with Crippen LogP contribution in [0, 0.1) is 0 Å². The van der Waals surface area contributed by atoms with E-state index in [4.69, 9.17) is 9.47 Å². The second kappa shape index (κ2) is 6.84. The van der Waals surface area contributed by atoms with Crippen molar-refractivity contribution in [1.29, 1.82) is 0 Å². The summed E-state index contributed by atoms with van der Waals surface area (Å²) in [4.78, 5) is 23.8. The van der Waals surface area contributed by atoms with Gasteiger partial charge >= 0.3 is 12.1 Å². The molecule has 16 heavy (non-hydrogen) atoms. The van der Waals surface area contributed by atoms with E-state index in [0.29, 0.717) is 32.9 Å². The van der Waals surface area contributed by atoms with Crippen molar-refractivity contribution in [2.75, 3.05) is 32.9 Å². The van der Waals surface area contributed by atoms with Crippen LogP contribution in [0.3, 0.4) is 0 Å². The summed E-state index contributed by atoms with van der Waals surface area (Å²) in [6, 6.07) is 0.